The summed E-state index contributed by atoms with van der Waals surface area (Å²) < 4.78 is 25.6. The van der Waals surface area contributed by atoms with E-state index in [-0.39, 0.29) is 32.0 Å². The SMILES string of the molecule is CC(C)(C)OC(=O)COCCOCCOCCOC(=O)C(=O)c1ccccc1. The lowest BCUT2D eigenvalue weighted by atomic mass is 10.1. The number of esters is 2. The molecule has 0 heterocycles. The highest BCUT2D eigenvalue weighted by atomic mass is 16.6. The molecule has 0 aliphatic carbocycles. The van der Waals surface area contributed by atoms with Gasteiger partial charge >= 0.3 is 11.9 Å². The molecule has 1 aromatic rings. The molecule has 8 nitrogen and oxygen atoms in total. The molecule has 28 heavy (non-hydrogen) atoms. The monoisotopic (exact) mass is 396 g/mol. The Hall–Kier alpha value is -2.29. The summed E-state index contributed by atoms with van der Waals surface area (Å²) in [4.78, 5) is 34.8. The molecule has 0 N–H and O–H groups in total. The molecule has 0 bridgehead atoms. The number of Topliss-reactive ketones (excluding diaryl/α,β-unsaturated/α-hetero) is 1. The Bertz CT molecular complexity index is 606. The number of hydrogen-bond donors (Lipinski definition) is 0. The summed E-state index contributed by atoms with van der Waals surface area (Å²) in [6, 6.07) is 8.20. The van der Waals surface area contributed by atoms with Crippen molar-refractivity contribution in [2.45, 2.75) is 26.4 Å². The Balaban J connectivity index is 1.93. The number of carbonyl (C=O) groups excluding carboxylic acids is 3. The summed E-state index contributed by atoms with van der Waals surface area (Å²) >= 11 is 0. The molecular formula is C20H28O8. The van der Waals surface area contributed by atoms with Crippen LogP contribution in [0.15, 0.2) is 30.3 Å². The summed E-state index contributed by atoms with van der Waals surface area (Å²) in [7, 11) is 0. The van der Waals surface area contributed by atoms with Crippen LogP contribution in [0.5, 0.6) is 0 Å². The van der Waals surface area contributed by atoms with Gasteiger partial charge in [-0.3, -0.25) is 4.79 Å². The van der Waals surface area contributed by atoms with E-state index in [0.29, 0.717) is 19.8 Å². The predicted molar refractivity (Wildman–Crippen MR) is 100 cm³/mol. The van der Waals surface area contributed by atoms with Gasteiger partial charge in [0.2, 0.25) is 0 Å². The summed E-state index contributed by atoms with van der Waals surface area (Å²) in [6.45, 7) is 6.59. The summed E-state index contributed by atoms with van der Waals surface area (Å²) in [5.41, 5.74) is -0.243. The average molecular weight is 396 g/mol. The molecule has 1 rings (SSSR count). The molecule has 0 fully saturated rings. The molecule has 0 aliphatic heterocycles. The van der Waals surface area contributed by atoms with Gasteiger partial charge in [-0.15, -0.1) is 0 Å². The number of hydrogen-bond acceptors (Lipinski definition) is 8. The molecule has 0 unspecified atom stereocenters. The largest absolute Gasteiger partial charge is 0.458 e. The summed E-state index contributed by atoms with van der Waals surface area (Å²) in [5.74, 6) is -2.01. The van der Waals surface area contributed by atoms with Gasteiger partial charge in [-0.05, 0) is 20.8 Å². The second-order valence-corrected chi connectivity index (χ2v) is 6.69. The molecule has 0 saturated heterocycles. The Kier molecular flexibility index (Phi) is 11.0. The van der Waals surface area contributed by atoms with Crippen molar-refractivity contribution in [3.63, 3.8) is 0 Å². The minimum atomic E-state index is -0.909. The second-order valence-electron chi connectivity index (χ2n) is 6.69. The lowest BCUT2D eigenvalue weighted by Gasteiger charge is -2.19. The van der Waals surface area contributed by atoms with Crippen LogP contribution in [0, 0.1) is 0 Å². The van der Waals surface area contributed by atoms with Crippen LogP contribution in [0.1, 0.15) is 31.1 Å². The number of carbonyl (C=O) groups is 3. The predicted octanol–water partition coefficient (Wildman–Crippen LogP) is 1.80. The molecule has 0 spiro atoms. The molecule has 0 amide bonds. The van der Waals surface area contributed by atoms with E-state index in [2.05, 4.69) is 0 Å². The maximum absolute atomic E-state index is 11.8. The minimum absolute atomic E-state index is 0.0175. The van der Waals surface area contributed by atoms with Gasteiger partial charge in [-0.25, -0.2) is 9.59 Å². The van der Waals surface area contributed by atoms with Crippen molar-refractivity contribution in [3.8, 4) is 0 Å². The van der Waals surface area contributed by atoms with E-state index in [4.69, 9.17) is 23.7 Å². The lowest BCUT2D eigenvalue weighted by Crippen LogP contribution is -2.27. The fourth-order valence-corrected chi connectivity index (χ4v) is 1.93. The normalized spacial score (nSPS) is 11.1. The van der Waals surface area contributed by atoms with E-state index in [1.165, 1.54) is 0 Å². The highest BCUT2D eigenvalue weighted by Crippen LogP contribution is 2.06. The van der Waals surface area contributed by atoms with Crippen LogP contribution in [-0.2, 0) is 33.3 Å². The molecule has 1 aromatic carbocycles. The van der Waals surface area contributed by atoms with Crippen LogP contribution < -0.4 is 0 Å². The summed E-state index contributed by atoms with van der Waals surface area (Å²) in [5, 5.41) is 0. The smallest absolute Gasteiger partial charge is 0.379 e. The highest BCUT2D eigenvalue weighted by molar-refractivity contribution is 6.40. The Morgan fingerprint density at radius 2 is 1.32 bits per heavy atom. The van der Waals surface area contributed by atoms with E-state index in [0.717, 1.165) is 0 Å². The third-order valence-corrected chi connectivity index (χ3v) is 3.07. The molecule has 0 aliphatic rings. The van der Waals surface area contributed by atoms with E-state index < -0.39 is 23.3 Å². The fourth-order valence-electron chi connectivity index (χ4n) is 1.93. The van der Waals surface area contributed by atoms with Crippen LogP contribution >= 0.6 is 0 Å². The van der Waals surface area contributed by atoms with Gasteiger partial charge in [-0.2, -0.15) is 0 Å². The zero-order valence-electron chi connectivity index (χ0n) is 16.6. The van der Waals surface area contributed by atoms with E-state index in [1.807, 2.05) is 0 Å². The van der Waals surface area contributed by atoms with Crippen molar-refractivity contribution in [3.05, 3.63) is 35.9 Å². The average Bonchev–Trinajstić information content (AvgIpc) is 2.64. The quantitative estimate of drug-likeness (QED) is 0.215. The van der Waals surface area contributed by atoms with E-state index >= 15 is 0 Å². The zero-order chi connectivity index (χ0) is 20.8. The van der Waals surface area contributed by atoms with E-state index in [9.17, 15) is 14.4 Å². The van der Waals surface area contributed by atoms with Crippen molar-refractivity contribution < 1.29 is 38.1 Å². The number of ketones is 1. The van der Waals surface area contributed by atoms with Gasteiger partial charge in [0.25, 0.3) is 5.78 Å². The van der Waals surface area contributed by atoms with Crippen molar-refractivity contribution >= 4 is 17.7 Å². The van der Waals surface area contributed by atoms with Crippen LogP contribution in [0.25, 0.3) is 0 Å². The first-order valence-electron chi connectivity index (χ1n) is 9.01. The Labute approximate surface area is 165 Å². The molecule has 0 saturated carbocycles. The highest BCUT2D eigenvalue weighted by Gasteiger charge is 2.17. The van der Waals surface area contributed by atoms with Crippen LogP contribution in [0.3, 0.4) is 0 Å². The second kappa shape index (κ2) is 13.0. The van der Waals surface area contributed by atoms with Gasteiger partial charge in [-0.1, -0.05) is 30.3 Å². The molecule has 0 aromatic heterocycles. The molecule has 8 heteroatoms. The zero-order valence-corrected chi connectivity index (χ0v) is 16.6. The first-order valence-corrected chi connectivity index (χ1v) is 9.01. The molecule has 0 atom stereocenters. The van der Waals surface area contributed by atoms with Crippen molar-refractivity contribution in [1.29, 1.82) is 0 Å². The molecule has 156 valence electrons. The van der Waals surface area contributed by atoms with Gasteiger partial charge in [0, 0.05) is 5.56 Å². The first kappa shape index (κ1) is 23.7. The minimum Gasteiger partial charge on any atom is -0.458 e. The van der Waals surface area contributed by atoms with Crippen LogP contribution in [-0.4, -0.2) is 69.6 Å². The first-order chi connectivity index (χ1) is 13.3. The number of rotatable bonds is 13. The van der Waals surface area contributed by atoms with Crippen molar-refractivity contribution in [2.24, 2.45) is 0 Å². The van der Waals surface area contributed by atoms with E-state index in [1.54, 1.807) is 51.1 Å². The Morgan fingerprint density at radius 1 is 0.786 bits per heavy atom. The van der Waals surface area contributed by atoms with Crippen molar-refractivity contribution in [1.82, 2.24) is 0 Å². The third kappa shape index (κ3) is 11.4. The number of ether oxygens (including phenoxy) is 5. The number of benzene rings is 1. The third-order valence-electron chi connectivity index (χ3n) is 3.07. The Morgan fingerprint density at radius 3 is 1.89 bits per heavy atom. The van der Waals surface area contributed by atoms with Crippen LogP contribution in [0.4, 0.5) is 0 Å². The maximum atomic E-state index is 11.8. The van der Waals surface area contributed by atoms with Gasteiger partial charge in [0.1, 0.15) is 18.8 Å². The van der Waals surface area contributed by atoms with Gasteiger partial charge < -0.3 is 23.7 Å². The topological polar surface area (TPSA) is 97.4 Å². The summed E-state index contributed by atoms with van der Waals surface area (Å²) in [6.07, 6.45) is 0. The fraction of sp³-hybridized carbons (Fsp3) is 0.550. The lowest BCUT2D eigenvalue weighted by molar-refractivity contribution is -0.160. The molecule has 0 radical (unpaired) electrons. The van der Waals surface area contributed by atoms with Gasteiger partial charge in [0.05, 0.1) is 33.0 Å². The van der Waals surface area contributed by atoms with Crippen molar-refractivity contribution in [2.75, 3.05) is 46.2 Å². The standard InChI is InChI=1S/C20H28O8/c1-20(2,3)28-17(21)15-26-12-11-24-9-10-25-13-14-27-19(23)18(22)16-7-5-4-6-8-16/h4-8H,9-15H2,1-3H3. The van der Waals surface area contributed by atoms with Gasteiger partial charge in [0.15, 0.2) is 0 Å². The van der Waals surface area contributed by atoms with Crippen LogP contribution in [0.2, 0.25) is 0 Å². The molecular weight excluding hydrogens is 368 g/mol. The maximum Gasteiger partial charge on any atom is 0.379 e.